The SMILES string of the molecule is C=CSC(CC[Si](CC)(CC)CC)[Si](OCCCC)(OCCCC)OCCCC. The van der Waals surface area contributed by atoms with E-state index in [1.807, 2.05) is 5.41 Å². The molecule has 0 aromatic heterocycles. The Labute approximate surface area is 189 Å². The lowest BCUT2D eigenvalue weighted by atomic mass is 10.4. The molecule has 0 radical (unpaired) electrons. The minimum Gasteiger partial charge on any atom is -0.373 e. The highest BCUT2D eigenvalue weighted by Gasteiger charge is 2.50. The molecule has 6 heteroatoms. The first-order valence-corrected chi connectivity index (χ1v) is 17.8. The molecule has 0 aromatic rings. The maximum absolute atomic E-state index is 6.59. The summed E-state index contributed by atoms with van der Waals surface area (Å²) in [4.78, 5) is 0.266. The van der Waals surface area contributed by atoms with Gasteiger partial charge in [0.05, 0.1) is 12.9 Å². The highest BCUT2D eigenvalue weighted by Crippen LogP contribution is 2.35. The molecule has 0 N–H and O–H groups in total. The zero-order valence-electron chi connectivity index (χ0n) is 20.4. The van der Waals surface area contributed by atoms with Crippen molar-refractivity contribution >= 4 is 28.6 Å². The van der Waals surface area contributed by atoms with Gasteiger partial charge in [0.15, 0.2) is 0 Å². The van der Waals surface area contributed by atoms with Gasteiger partial charge >= 0.3 is 8.80 Å². The van der Waals surface area contributed by atoms with E-state index in [1.54, 1.807) is 11.8 Å². The molecule has 0 saturated heterocycles. The molecule has 0 rings (SSSR count). The Hall–Kier alpha value is 0.404. The Balaban J connectivity index is 5.63. The third kappa shape index (κ3) is 11.0. The van der Waals surface area contributed by atoms with Gasteiger partial charge in [-0.1, -0.05) is 91.6 Å². The van der Waals surface area contributed by atoms with Gasteiger partial charge in [-0.15, -0.1) is 11.8 Å². The minimum absolute atomic E-state index is 0.266. The molecule has 0 spiro atoms. The van der Waals surface area contributed by atoms with Gasteiger partial charge in [-0.05, 0) is 31.1 Å². The molecular weight excluding hydrogens is 412 g/mol. The van der Waals surface area contributed by atoms with Crippen LogP contribution in [0.5, 0.6) is 0 Å². The van der Waals surface area contributed by atoms with Gasteiger partial charge in [-0.3, -0.25) is 0 Å². The lowest BCUT2D eigenvalue weighted by Gasteiger charge is -2.37. The summed E-state index contributed by atoms with van der Waals surface area (Å²) in [6, 6.07) is 5.43. The summed E-state index contributed by atoms with van der Waals surface area (Å²) in [5.74, 6) is 0. The average molecular weight is 463 g/mol. The molecule has 174 valence electrons. The van der Waals surface area contributed by atoms with Gasteiger partial charge in [0, 0.05) is 19.8 Å². The van der Waals surface area contributed by atoms with Crippen LogP contribution >= 0.6 is 11.8 Å². The third-order valence-electron chi connectivity index (χ3n) is 6.25. The molecule has 0 aliphatic carbocycles. The van der Waals surface area contributed by atoms with Gasteiger partial charge in [-0.2, -0.15) is 0 Å². The van der Waals surface area contributed by atoms with E-state index >= 15 is 0 Å². The maximum Gasteiger partial charge on any atom is 0.515 e. The topological polar surface area (TPSA) is 27.7 Å². The van der Waals surface area contributed by atoms with Crippen molar-refractivity contribution in [2.24, 2.45) is 0 Å². The van der Waals surface area contributed by atoms with Crippen molar-refractivity contribution in [2.45, 2.75) is 116 Å². The summed E-state index contributed by atoms with van der Waals surface area (Å²) >= 11 is 1.80. The molecule has 0 amide bonds. The van der Waals surface area contributed by atoms with Crippen molar-refractivity contribution in [2.75, 3.05) is 19.8 Å². The molecule has 29 heavy (non-hydrogen) atoms. The molecule has 0 heterocycles. The van der Waals surface area contributed by atoms with Gasteiger partial charge in [0.25, 0.3) is 0 Å². The van der Waals surface area contributed by atoms with E-state index in [0.29, 0.717) is 0 Å². The van der Waals surface area contributed by atoms with Crippen molar-refractivity contribution < 1.29 is 13.3 Å². The van der Waals surface area contributed by atoms with E-state index in [-0.39, 0.29) is 4.87 Å². The van der Waals surface area contributed by atoms with Crippen LogP contribution in [-0.4, -0.2) is 41.6 Å². The standard InChI is InChI=1S/C23H50O3SSi2/c1-8-15-19-24-29(25-20-16-9-2,26-21-17-10-3)23(27-11-4)18-22-28(12-5,13-6)14-7/h11,23H,4,8-10,12-22H2,1-3,5-7H3. The lowest BCUT2D eigenvalue weighted by Crippen LogP contribution is -2.56. The quantitative estimate of drug-likeness (QED) is 0.127. The van der Waals surface area contributed by atoms with Crippen molar-refractivity contribution in [3.63, 3.8) is 0 Å². The van der Waals surface area contributed by atoms with Gasteiger partial charge in [0.1, 0.15) is 0 Å². The summed E-state index contributed by atoms with van der Waals surface area (Å²) in [6.07, 6.45) is 7.71. The fraction of sp³-hybridized carbons (Fsp3) is 0.913. The van der Waals surface area contributed by atoms with Crippen LogP contribution in [-0.2, 0) is 13.3 Å². The highest BCUT2D eigenvalue weighted by molar-refractivity contribution is 8.04. The normalized spacial score (nSPS) is 13.6. The molecule has 0 fully saturated rings. The molecule has 0 aliphatic rings. The second-order valence-electron chi connectivity index (χ2n) is 8.10. The Morgan fingerprint density at radius 1 is 0.759 bits per heavy atom. The van der Waals surface area contributed by atoms with E-state index in [2.05, 4.69) is 48.1 Å². The summed E-state index contributed by atoms with van der Waals surface area (Å²) in [7, 11) is -3.98. The maximum atomic E-state index is 6.59. The summed E-state index contributed by atoms with van der Waals surface area (Å²) in [5, 5.41) is 1.98. The van der Waals surface area contributed by atoms with Crippen LogP contribution in [0.25, 0.3) is 0 Å². The fourth-order valence-corrected chi connectivity index (χ4v) is 12.2. The smallest absolute Gasteiger partial charge is 0.373 e. The highest BCUT2D eigenvalue weighted by atomic mass is 32.2. The number of unbranched alkanes of at least 4 members (excludes halogenated alkanes) is 3. The van der Waals surface area contributed by atoms with Gasteiger partial charge in [-0.25, -0.2) is 0 Å². The summed E-state index contributed by atoms with van der Waals surface area (Å²) in [6.45, 7) is 20.1. The van der Waals surface area contributed by atoms with Crippen molar-refractivity contribution in [3.05, 3.63) is 12.0 Å². The lowest BCUT2D eigenvalue weighted by molar-refractivity contribution is 0.0543. The second kappa shape index (κ2) is 18.0. The molecule has 1 atom stereocenters. The predicted octanol–water partition coefficient (Wildman–Crippen LogP) is 8.06. The van der Waals surface area contributed by atoms with Crippen LogP contribution in [0.4, 0.5) is 0 Å². The molecule has 1 unspecified atom stereocenters. The largest absolute Gasteiger partial charge is 0.515 e. The molecule has 0 aliphatic heterocycles. The van der Waals surface area contributed by atoms with Crippen LogP contribution in [0.2, 0.25) is 24.2 Å². The Bertz CT molecular complexity index is 358. The first-order valence-electron chi connectivity index (χ1n) is 12.2. The Kier molecular flexibility index (Phi) is 18.3. The first kappa shape index (κ1) is 29.4. The van der Waals surface area contributed by atoms with Crippen LogP contribution in [0, 0.1) is 0 Å². The first-order chi connectivity index (χ1) is 14.0. The summed E-state index contributed by atoms with van der Waals surface area (Å²) < 4.78 is 19.8. The molecule has 0 bridgehead atoms. The van der Waals surface area contributed by atoms with E-state index in [4.69, 9.17) is 13.3 Å². The van der Waals surface area contributed by atoms with Crippen LogP contribution in [0.3, 0.4) is 0 Å². The van der Waals surface area contributed by atoms with E-state index in [0.717, 1.165) is 64.8 Å². The van der Waals surface area contributed by atoms with E-state index in [1.165, 1.54) is 24.2 Å². The average Bonchev–Trinajstić information content (AvgIpc) is 2.74. The molecule has 0 aromatic carbocycles. The number of hydrogen-bond acceptors (Lipinski definition) is 4. The second-order valence-corrected chi connectivity index (χ2v) is 18.1. The van der Waals surface area contributed by atoms with Crippen LogP contribution < -0.4 is 0 Å². The van der Waals surface area contributed by atoms with Crippen molar-refractivity contribution in [3.8, 4) is 0 Å². The third-order valence-corrected chi connectivity index (χ3v) is 17.0. The number of hydrogen-bond donors (Lipinski definition) is 0. The molecular formula is C23H50O3SSi2. The molecule has 0 saturated carbocycles. The van der Waals surface area contributed by atoms with Crippen molar-refractivity contribution in [1.82, 2.24) is 0 Å². The zero-order valence-corrected chi connectivity index (χ0v) is 23.2. The fourth-order valence-electron chi connectivity index (χ4n) is 3.64. The number of thioether (sulfide) groups is 1. The summed E-state index contributed by atoms with van der Waals surface area (Å²) in [5.41, 5.74) is 0. The zero-order chi connectivity index (χ0) is 22.0. The monoisotopic (exact) mass is 462 g/mol. The van der Waals surface area contributed by atoms with Gasteiger partial charge < -0.3 is 13.3 Å². The Morgan fingerprint density at radius 2 is 1.17 bits per heavy atom. The molecule has 3 nitrogen and oxygen atoms in total. The van der Waals surface area contributed by atoms with E-state index < -0.39 is 16.9 Å². The van der Waals surface area contributed by atoms with Crippen molar-refractivity contribution in [1.29, 1.82) is 0 Å². The van der Waals surface area contributed by atoms with E-state index in [9.17, 15) is 0 Å². The number of rotatable bonds is 21. The minimum atomic E-state index is -2.78. The van der Waals surface area contributed by atoms with Gasteiger partial charge in [0.2, 0.25) is 0 Å². The predicted molar refractivity (Wildman–Crippen MR) is 137 cm³/mol. The Morgan fingerprint density at radius 3 is 1.48 bits per heavy atom. The van der Waals surface area contributed by atoms with Crippen LogP contribution in [0.15, 0.2) is 12.0 Å². The van der Waals surface area contributed by atoms with Crippen LogP contribution in [0.1, 0.15) is 86.5 Å².